The van der Waals surface area contributed by atoms with Crippen LogP contribution >= 0.6 is 0 Å². The van der Waals surface area contributed by atoms with Crippen molar-refractivity contribution < 1.29 is 12.6 Å². The minimum atomic E-state index is -3.61. The molecule has 0 N–H and O–H groups in total. The maximum absolute atomic E-state index is 12.3. The van der Waals surface area contributed by atoms with Gasteiger partial charge in [0.15, 0.2) is 0 Å². The first-order valence-corrected chi connectivity index (χ1v) is 8.48. The van der Waals surface area contributed by atoms with Crippen molar-refractivity contribution in [3.63, 3.8) is 0 Å². The highest BCUT2D eigenvalue weighted by atomic mass is 32.2. The van der Waals surface area contributed by atoms with Gasteiger partial charge in [0.05, 0.1) is 10.5 Å². The van der Waals surface area contributed by atoms with Crippen LogP contribution in [0.5, 0.6) is 0 Å². The van der Waals surface area contributed by atoms with Crippen molar-refractivity contribution in [2.24, 2.45) is 5.92 Å². The molecule has 0 atom stereocenters. The summed E-state index contributed by atoms with van der Waals surface area (Å²) in [6, 6.07) is 7.04. The monoisotopic (exact) mass is 280 g/mol. The highest BCUT2D eigenvalue weighted by molar-refractivity contribution is 7.86. The van der Waals surface area contributed by atoms with Crippen molar-refractivity contribution in [1.29, 1.82) is 0 Å². The highest BCUT2D eigenvalue weighted by Crippen LogP contribution is 2.51. The van der Waals surface area contributed by atoms with E-state index < -0.39 is 15.7 Å². The van der Waals surface area contributed by atoms with Gasteiger partial charge in [-0.15, -0.1) is 0 Å². The van der Waals surface area contributed by atoms with Crippen LogP contribution in [0.3, 0.4) is 0 Å². The van der Waals surface area contributed by atoms with E-state index in [9.17, 15) is 8.42 Å². The summed E-state index contributed by atoms with van der Waals surface area (Å²) in [5, 5.41) is 0. The molecule has 0 aromatic heterocycles. The Hall–Kier alpha value is -0.870. The van der Waals surface area contributed by atoms with Gasteiger partial charge < -0.3 is 0 Å². The molecule has 1 aromatic rings. The summed E-state index contributed by atoms with van der Waals surface area (Å²) in [4.78, 5) is 0.287. The van der Waals surface area contributed by atoms with Gasteiger partial charge in [0.1, 0.15) is 0 Å². The van der Waals surface area contributed by atoms with E-state index in [1.807, 2.05) is 12.1 Å². The van der Waals surface area contributed by atoms with Crippen LogP contribution < -0.4 is 0 Å². The maximum Gasteiger partial charge on any atom is 0.297 e. The Morgan fingerprint density at radius 3 is 2.32 bits per heavy atom. The van der Waals surface area contributed by atoms with E-state index in [0.29, 0.717) is 5.92 Å². The lowest BCUT2D eigenvalue weighted by Gasteiger charge is -2.25. The molecule has 0 amide bonds. The Balaban J connectivity index is 1.82. The fourth-order valence-electron chi connectivity index (χ4n) is 3.43. The standard InChI is InChI=1S/C15H20O3S/c1-2-12-3-5-14(6-4-12)19(16,17)18-15-9-7-13(11-15)8-10-15/h3-6,13H,2,7-11H2,1H3. The summed E-state index contributed by atoms with van der Waals surface area (Å²) in [5.41, 5.74) is 0.742. The fraction of sp³-hybridized carbons (Fsp3) is 0.600. The Labute approximate surface area is 115 Å². The zero-order chi connectivity index (χ0) is 13.5. The first kappa shape index (κ1) is 13.1. The van der Waals surface area contributed by atoms with Crippen molar-refractivity contribution in [2.45, 2.75) is 55.9 Å². The molecule has 0 aliphatic heterocycles. The van der Waals surface area contributed by atoms with Gasteiger partial charge in [-0.2, -0.15) is 8.42 Å². The molecule has 0 radical (unpaired) electrons. The quantitative estimate of drug-likeness (QED) is 0.795. The van der Waals surface area contributed by atoms with Crippen molar-refractivity contribution in [2.75, 3.05) is 0 Å². The molecule has 0 heterocycles. The molecule has 0 unspecified atom stereocenters. The number of fused-ring (bicyclic) bond motifs is 2. The van der Waals surface area contributed by atoms with Gasteiger partial charge in [0.2, 0.25) is 0 Å². The number of benzene rings is 1. The molecule has 1 aromatic carbocycles. The predicted octanol–water partition coefficient (Wildman–Crippen LogP) is 3.29. The number of aryl methyl sites for hydroxylation is 1. The summed E-state index contributed by atoms with van der Waals surface area (Å²) < 4.78 is 30.3. The van der Waals surface area contributed by atoms with Crippen LogP contribution in [0.4, 0.5) is 0 Å². The molecular formula is C15H20O3S. The second kappa shape index (κ2) is 4.60. The Morgan fingerprint density at radius 2 is 1.84 bits per heavy atom. The maximum atomic E-state index is 12.3. The van der Waals surface area contributed by atoms with Crippen LogP contribution in [0.2, 0.25) is 0 Å². The third-order valence-corrected chi connectivity index (χ3v) is 6.01. The van der Waals surface area contributed by atoms with Crippen molar-refractivity contribution >= 4 is 10.1 Å². The van der Waals surface area contributed by atoms with Crippen LogP contribution in [-0.4, -0.2) is 14.0 Å². The third kappa shape index (κ3) is 2.43. The van der Waals surface area contributed by atoms with Crippen LogP contribution in [0.1, 0.15) is 44.6 Å². The zero-order valence-electron chi connectivity index (χ0n) is 11.3. The number of rotatable bonds is 4. The Kier molecular flexibility index (Phi) is 3.18. The van der Waals surface area contributed by atoms with Crippen LogP contribution in [0, 0.1) is 5.92 Å². The number of hydrogen-bond donors (Lipinski definition) is 0. The molecule has 3 rings (SSSR count). The van der Waals surface area contributed by atoms with E-state index in [1.165, 1.54) is 0 Å². The van der Waals surface area contributed by atoms with Gasteiger partial charge in [-0.1, -0.05) is 19.1 Å². The smallest absolute Gasteiger partial charge is 0.260 e. The SMILES string of the molecule is CCc1ccc(S(=O)(=O)OC23CCC(CC2)C3)cc1. The van der Waals surface area contributed by atoms with E-state index >= 15 is 0 Å². The topological polar surface area (TPSA) is 43.4 Å². The molecule has 2 aliphatic carbocycles. The van der Waals surface area contributed by atoms with E-state index in [2.05, 4.69) is 6.92 Å². The lowest BCUT2D eigenvalue weighted by molar-refractivity contribution is 0.0883. The molecule has 104 valence electrons. The van der Waals surface area contributed by atoms with Crippen molar-refractivity contribution in [3.05, 3.63) is 29.8 Å². The second-order valence-electron chi connectivity index (χ2n) is 5.87. The molecule has 2 saturated carbocycles. The van der Waals surface area contributed by atoms with Gasteiger partial charge in [0.25, 0.3) is 10.1 Å². The van der Waals surface area contributed by atoms with Gasteiger partial charge in [0, 0.05) is 0 Å². The molecule has 3 nitrogen and oxygen atoms in total. The largest absolute Gasteiger partial charge is 0.297 e. The average Bonchev–Trinajstić information content (AvgIpc) is 2.98. The van der Waals surface area contributed by atoms with Gasteiger partial charge in [-0.25, -0.2) is 0 Å². The molecule has 0 saturated heterocycles. The minimum absolute atomic E-state index is 0.287. The van der Waals surface area contributed by atoms with E-state index in [-0.39, 0.29) is 4.90 Å². The lowest BCUT2D eigenvalue weighted by atomic mass is 9.98. The predicted molar refractivity (Wildman–Crippen MR) is 73.4 cm³/mol. The lowest BCUT2D eigenvalue weighted by Crippen LogP contribution is -2.30. The van der Waals surface area contributed by atoms with E-state index in [4.69, 9.17) is 4.18 Å². The minimum Gasteiger partial charge on any atom is -0.260 e. The molecular weight excluding hydrogens is 260 g/mol. The molecule has 2 aliphatic rings. The second-order valence-corrected chi connectivity index (χ2v) is 7.41. The summed E-state index contributed by atoms with van der Waals surface area (Å²) in [7, 11) is -3.61. The van der Waals surface area contributed by atoms with Crippen molar-refractivity contribution in [3.8, 4) is 0 Å². The average molecular weight is 280 g/mol. The summed E-state index contributed by atoms with van der Waals surface area (Å²) in [6.07, 6.45) is 5.84. The van der Waals surface area contributed by atoms with Gasteiger partial charge in [-0.3, -0.25) is 4.18 Å². The Bertz CT molecular complexity index is 552. The molecule has 2 fully saturated rings. The van der Waals surface area contributed by atoms with Gasteiger partial charge >= 0.3 is 0 Å². The molecule has 0 spiro atoms. The normalized spacial score (nSPS) is 29.8. The third-order valence-electron chi connectivity index (χ3n) is 4.58. The van der Waals surface area contributed by atoms with E-state index in [0.717, 1.165) is 44.1 Å². The van der Waals surface area contributed by atoms with Crippen LogP contribution in [0.15, 0.2) is 29.2 Å². The van der Waals surface area contributed by atoms with E-state index in [1.54, 1.807) is 12.1 Å². The number of hydrogen-bond acceptors (Lipinski definition) is 3. The Morgan fingerprint density at radius 1 is 1.21 bits per heavy atom. The first-order chi connectivity index (χ1) is 9.03. The summed E-state index contributed by atoms with van der Waals surface area (Å²) in [6.45, 7) is 2.05. The molecule has 19 heavy (non-hydrogen) atoms. The first-order valence-electron chi connectivity index (χ1n) is 7.08. The van der Waals surface area contributed by atoms with Crippen LogP contribution in [-0.2, 0) is 20.7 Å². The molecule has 4 heteroatoms. The van der Waals surface area contributed by atoms with Gasteiger partial charge in [-0.05, 0) is 62.1 Å². The van der Waals surface area contributed by atoms with Crippen LogP contribution in [0.25, 0.3) is 0 Å². The highest BCUT2D eigenvalue weighted by Gasteiger charge is 2.48. The van der Waals surface area contributed by atoms with Crippen molar-refractivity contribution in [1.82, 2.24) is 0 Å². The zero-order valence-corrected chi connectivity index (χ0v) is 12.1. The fourth-order valence-corrected chi connectivity index (χ4v) is 4.69. The summed E-state index contributed by atoms with van der Waals surface area (Å²) in [5.74, 6) is 0.678. The molecule has 2 bridgehead atoms. The summed E-state index contributed by atoms with van der Waals surface area (Å²) >= 11 is 0.